The third-order valence-electron chi connectivity index (χ3n) is 1.52. The van der Waals surface area contributed by atoms with Gasteiger partial charge >= 0.3 is 14.0 Å². The van der Waals surface area contributed by atoms with Crippen LogP contribution in [0.25, 0.3) is 0 Å². The Morgan fingerprint density at radius 1 is 1.46 bits per heavy atom. The SMILES string of the molecule is CC1(C)OP(=O)(O)OC1C(F)(F)F. The first-order valence-corrected chi connectivity index (χ1v) is 4.83. The van der Waals surface area contributed by atoms with Crippen LogP contribution in [0.5, 0.6) is 0 Å². The van der Waals surface area contributed by atoms with E-state index in [1.165, 1.54) is 0 Å². The molecule has 0 aromatic rings. The van der Waals surface area contributed by atoms with Crippen molar-refractivity contribution >= 4 is 7.82 Å². The predicted molar refractivity (Wildman–Crippen MR) is 35.9 cm³/mol. The van der Waals surface area contributed by atoms with Crippen molar-refractivity contribution in [2.75, 3.05) is 0 Å². The van der Waals surface area contributed by atoms with E-state index in [2.05, 4.69) is 9.05 Å². The van der Waals surface area contributed by atoms with Gasteiger partial charge in [-0.15, -0.1) is 0 Å². The first-order chi connectivity index (χ1) is 5.55. The number of halogens is 3. The molecule has 0 saturated carbocycles. The monoisotopic (exact) mass is 220 g/mol. The highest BCUT2D eigenvalue weighted by Gasteiger charge is 2.61. The van der Waals surface area contributed by atoms with Crippen molar-refractivity contribution in [2.45, 2.75) is 31.7 Å². The zero-order valence-electron chi connectivity index (χ0n) is 6.83. The zero-order chi connectivity index (χ0) is 10.5. The van der Waals surface area contributed by atoms with E-state index in [0.29, 0.717) is 0 Å². The molecule has 0 bridgehead atoms. The van der Waals surface area contributed by atoms with Crippen molar-refractivity contribution in [2.24, 2.45) is 0 Å². The number of hydrogen-bond donors (Lipinski definition) is 1. The van der Waals surface area contributed by atoms with Gasteiger partial charge in [0, 0.05) is 0 Å². The Labute approximate surface area is 72.3 Å². The van der Waals surface area contributed by atoms with Gasteiger partial charge in [0.05, 0.1) is 0 Å². The summed E-state index contributed by atoms with van der Waals surface area (Å²) in [7, 11) is -4.54. The molecule has 1 rings (SSSR count). The van der Waals surface area contributed by atoms with Gasteiger partial charge in [0.15, 0.2) is 6.10 Å². The number of hydrogen-bond acceptors (Lipinski definition) is 3. The number of phosphoric ester groups is 1. The average molecular weight is 220 g/mol. The van der Waals surface area contributed by atoms with Gasteiger partial charge in [-0.2, -0.15) is 13.2 Å². The van der Waals surface area contributed by atoms with Crippen LogP contribution in [-0.2, 0) is 13.6 Å². The summed E-state index contributed by atoms with van der Waals surface area (Å²) < 4.78 is 55.3. The average Bonchev–Trinajstić information content (AvgIpc) is 1.97. The molecule has 2 atom stereocenters. The van der Waals surface area contributed by atoms with Crippen LogP contribution in [0.4, 0.5) is 13.2 Å². The van der Waals surface area contributed by atoms with Gasteiger partial charge in [-0.05, 0) is 13.8 Å². The maximum absolute atomic E-state index is 12.2. The molecule has 1 N–H and O–H groups in total. The molecule has 0 aliphatic carbocycles. The Balaban J connectivity index is 2.96. The number of phosphoric acid groups is 1. The van der Waals surface area contributed by atoms with Crippen molar-refractivity contribution in [1.82, 2.24) is 0 Å². The smallest absolute Gasteiger partial charge is 0.302 e. The van der Waals surface area contributed by atoms with E-state index in [-0.39, 0.29) is 0 Å². The Hall–Kier alpha value is -0.100. The van der Waals surface area contributed by atoms with Crippen LogP contribution in [0, 0.1) is 0 Å². The second-order valence-electron chi connectivity index (χ2n) is 3.19. The van der Waals surface area contributed by atoms with E-state index in [0.717, 1.165) is 13.8 Å². The second kappa shape index (κ2) is 2.70. The highest BCUT2D eigenvalue weighted by Crippen LogP contribution is 2.59. The highest BCUT2D eigenvalue weighted by molar-refractivity contribution is 7.47. The van der Waals surface area contributed by atoms with E-state index in [1.807, 2.05) is 0 Å². The topological polar surface area (TPSA) is 55.8 Å². The lowest BCUT2D eigenvalue weighted by molar-refractivity contribution is -0.214. The maximum Gasteiger partial charge on any atom is 0.473 e. The predicted octanol–water partition coefficient (Wildman–Crippen LogP) is 1.84. The molecule has 0 aromatic heterocycles. The molecule has 0 radical (unpaired) electrons. The fourth-order valence-electron chi connectivity index (χ4n) is 1.08. The first-order valence-electron chi connectivity index (χ1n) is 3.33. The molecule has 13 heavy (non-hydrogen) atoms. The van der Waals surface area contributed by atoms with E-state index in [9.17, 15) is 17.7 Å². The van der Waals surface area contributed by atoms with E-state index in [1.54, 1.807) is 0 Å². The van der Waals surface area contributed by atoms with Gasteiger partial charge < -0.3 is 4.89 Å². The van der Waals surface area contributed by atoms with Gasteiger partial charge in [-0.25, -0.2) is 4.57 Å². The lowest BCUT2D eigenvalue weighted by Gasteiger charge is -2.23. The van der Waals surface area contributed by atoms with Crippen LogP contribution in [0.3, 0.4) is 0 Å². The van der Waals surface area contributed by atoms with Gasteiger partial charge in [-0.1, -0.05) is 0 Å². The van der Waals surface area contributed by atoms with Gasteiger partial charge in [-0.3, -0.25) is 9.05 Å². The summed E-state index contributed by atoms with van der Waals surface area (Å²) in [5, 5.41) is 0. The van der Waals surface area contributed by atoms with Crippen molar-refractivity contribution in [3.8, 4) is 0 Å². The second-order valence-corrected chi connectivity index (χ2v) is 4.52. The lowest BCUT2D eigenvalue weighted by atomic mass is 10.0. The largest absolute Gasteiger partial charge is 0.473 e. The summed E-state index contributed by atoms with van der Waals surface area (Å²) >= 11 is 0. The Morgan fingerprint density at radius 2 is 1.92 bits per heavy atom. The molecule has 1 saturated heterocycles. The minimum Gasteiger partial charge on any atom is -0.302 e. The van der Waals surface area contributed by atoms with E-state index < -0.39 is 25.7 Å². The Kier molecular flexibility index (Phi) is 2.28. The summed E-state index contributed by atoms with van der Waals surface area (Å²) in [5.41, 5.74) is -1.83. The number of alkyl halides is 3. The summed E-state index contributed by atoms with van der Waals surface area (Å²) in [5.74, 6) is 0. The van der Waals surface area contributed by atoms with Gasteiger partial charge in [0.2, 0.25) is 0 Å². The van der Waals surface area contributed by atoms with Gasteiger partial charge in [0.25, 0.3) is 0 Å². The third-order valence-corrected chi connectivity index (χ3v) is 2.70. The molecular formula is C5H8F3O4P. The van der Waals surface area contributed by atoms with Crippen molar-refractivity contribution in [3.63, 3.8) is 0 Å². The molecule has 1 heterocycles. The van der Waals surface area contributed by atoms with E-state index in [4.69, 9.17) is 4.89 Å². The summed E-state index contributed by atoms with van der Waals surface area (Å²) in [4.78, 5) is 8.67. The zero-order valence-corrected chi connectivity index (χ0v) is 7.72. The Bertz CT molecular complexity index is 261. The fourth-order valence-corrected chi connectivity index (χ4v) is 2.45. The summed E-state index contributed by atoms with van der Waals surface area (Å²) in [6, 6.07) is 0. The summed E-state index contributed by atoms with van der Waals surface area (Å²) in [6.45, 7) is 2.09. The molecule has 1 aliphatic rings. The maximum atomic E-state index is 12.2. The van der Waals surface area contributed by atoms with Crippen molar-refractivity contribution < 1.29 is 31.7 Å². The fraction of sp³-hybridized carbons (Fsp3) is 1.00. The lowest BCUT2D eigenvalue weighted by Crippen LogP contribution is -2.44. The van der Waals surface area contributed by atoms with Crippen LogP contribution in [0.2, 0.25) is 0 Å². The molecule has 2 unspecified atom stereocenters. The molecule has 0 aromatic carbocycles. The molecular weight excluding hydrogens is 212 g/mol. The molecule has 4 nitrogen and oxygen atoms in total. The molecule has 78 valence electrons. The molecule has 1 fully saturated rings. The normalized spacial score (nSPS) is 39.4. The van der Waals surface area contributed by atoms with Crippen LogP contribution in [0.1, 0.15) is 13.8 Å². The standard InChI is InChI=1S/C5H8F3O4P/c1-4(2)3(5(6,7)8)11-13(9,10)12-4/h3H,1-2H3,(H,9,10). The third kappa shape index (κ3) is 2.22. The highest BCUT2D eigenvalue weighted by atomic mass is 31.2. The van der Waals surface area contributed by atoms with Crippen molar-refractivity contribution in [3.05, 3.63) is 0 Å². The molecule has 8 heteroatoms. The van der Waals surface area contributed by atoms with Crippen LogP contribution >= 0.6 is 7.82 Å². The van der Waals surface area contributed by atoms with Crippen LogP contribution in [-0.4, -0.2) is 22.8 Å². The van der Waals surface area contributed by atoms with E-state index >= 15 is 0 Å². The minimum absolute atomic E-state index is 1.04. The van der Waals surface area contributed by atoms with Gasteiger partial charge in [0.1, 0.15) is 5.60 Å². The molecule has 0 amide bonds. The molecule has 1 aliphatic heterocycles. The van der Waals surface area contributed by atoms with Crippen LogP contribution < -0.4 is 0 Å². The Morgan fingerprint density at radius 3 is 2.08 bits per heavy atom. The summed E-state index contributed by atoms with van der Waals surface area (Å²) in [6.07, 6.45) is -7.07. The minimum atomic E-state index is -4.71. The quantitative estimate of drug-likeness (QED) is 0.633. The first kappa shape index (κ1) is 11.0. The van der Waals surface area contributed by atoms with Crippen molar-refractivity contribution in [1.29, 1.82) is 0 Å². The molecule has 0 spiro atoms. The number of rotatable bonds is 0. The van der Waals surface area contributed by atoms with Crippen LogP contribution in [0.15, 0.2) is 0 Å².